The Kier molecular flexibility index (Phi) is 12.4. The maximum atomic E-state index is 2.58. The van der Waals surface area contributed by atoms with E-state index in [0.717, 1.165) is 0 Å². The van der Waals surface area contributed by atoms with Gasteiger partial charge in [-0.05, 0) is 0 Å². The van der Waals surface area contributed by atoms with Crippen LogP contribution in [-0.2, 0) is 31.2 Å². The molecule has 38 heavy (non-hydrogen) atoms. The standard InChI is InChI=1S/C21H25.C8H18Si.C5H5.2ClH.Zr/c1-20(2,3)16-9-7-14-11-15-8-10-17(21(4,5)6)13-19(15)18(14)12-16;1-3-5-7-9-8-6-4-2;1-2-4-5-3-1;;;/h7-13H,1-6H3;3-8H2,1-2H3;1-3H,4H2;2*1H;/q;;;;;+2/p-2. The molecule has 0 atom stereocenters. The van der Waals surface area contributed by atoms with E-state index in [2.05, 4.69) is 110 Å². The van der Waals surface area contributed by atoms with E-state index in [1.54, 1.807) is 22.3 Å². The molecule has 4 heteroatoms. The Labute approximate surface area is 254 Å². The van der Waals surface area contributed by atoms with E-state index in [4.69, 9.17) is 0 Å². The van der Waals surface area contributed by atoms with Gasteiger partial charge in [0.1, 0.15) is 0 Å². The third-order valence-electron chi connectivity index (χ3n) is 8.20. The maximum absolute atomic E-state index is 2.58. The van der Waals surface area contributed by atoms with Gasteiger partial charge in [0.2, 0.25) is 0 Å². The monoisotopic (exact) mass is 644 g/mol. The SMILES string of the molecule is CCCC[Si](CCCC)=[Zr+2]([C]1=CC=CC1)[CH]1c2ccc(C(C)(C)C)cc2-c2cc(C(C)(C)C)ccc21.[Cl-].[Cl-]. The van der Waals surface area contributed by atoms with Crippen molar-refractivity contribution in [3.8, 4) is 11.1 Å². The number of allylic oxidation sites excluding steroid dienone is 4. The van der Waals surface area contributed by atoms with E-state index in [0.29, 0.717) is 3.63 Å². The van der Waals surface area contributed by atoms with Gasteiger partial charge in [-0.2, -0.15) is 0 Å². The molecule has 0 saturated carbocycles. The molecule has 2 aromatic rings. The zero-order valence-electron chi connectivity index (χ0n) is 25.0. The molecule has 0 aliphatic heterocycles. The first kappa shape index (κ1) is 33.8. The van der Waals surface area contributed by atoms with Crippen LogP contribution >= 0.6 is 0 Å². The molecular weight excluding hydrogens is 599 g/mol. The average Bonchev–Trinajstić information content (AvgIpc) is 3.46. The van der Waals surface area contributed by atoms with E-state index in [-0.39, 0.29) is 41.1 Å². The van der Waals surface area contributed by atoms with Gasteiger partial charge in [0.15, 0.2) is 0 Å². The third-order valence-corrected chi connectivity index (χ3v) is 29.4. The summed E-state index contributed by atoms with van der Waals surface area (Å²) in [6, 6.07) is 18.3. The van der Waals surface area contributed by atoms with E-state index < -0.39 is 20.4 Å². The molecule has 0 unspecified atom stereocenters. The Bertz CT molecular complexity index is 1130. The molecular formula is C34H48Cl2SiZr. The second kappa shape index (κ2) is 14.0. The number of rotatable bonds is 8. The van der Waals surface area contributed by atoms with Gasteiger partial charge in [-0.3, -0.25) is 0 Å². The minimum absolute atomic E-state index is 0. The van der Waals surface area contributed by atoms with Crippen molar-refractivity contribution in [3.63, 3.8) is 0 Å². The van der Waals surface area contributed by atoms with Crippen LogP contribution in [0.2, 0.25) is 12.1 Å². The van der Waals surface area contributed by atoms with Crippen LogP contribution in [0.5, 0.6) is 0 Å². The third kappa shape index (κ3) is 7.26. The largest absolute Gasteiger partial charge is 1.00 e. The number of halogens is 2. The minimum Gasteiger partial charge on any atom is -1.00 e. The Morgan fingerprint density at radius 2 is 1.24 bits per heavy atom. The molecule has 0 radical (unpaired) electrons. The molecule has 206 valence electrons. The van der Waals surface area contributed by atoms with E-state index >= 15 is 0 Å². The fourth-order valence-electron chi connectivity index (χ4n) is 5.93. The summed E-state index contributed by atoms with van der Waals surface area (Å²) in [5, 5.41) is 0. The fourth-order valence-corrected chi connectivity index (χ4v) is 30.2. The first-order valence-corrected chi connectivity index (χ1v) is 22.7. The Morgan fingerprint density at radius 3 is 1.61 bits per heavy atom. The molecule has 0 heterocycles. The van der Waals surface area contributed by atoms with Gasteiger partial charge in [-0.1, -0.05) is 0 Å². The summed E-state index contributed by atoms with van der Waals surface area (Å²) < 4.78 is 2.61. The zero-order chi connectivity index (χ0) is 26.1. The van der Waals surface area contributed by atoms with Gasteiger partial charge in [0.25, 0.3) is 0 Å². The van der Waals surface area contributed by atoms with Gasteiger partial charge < -0.3 is 24.8 Å². The molecule has 4 rings (SSSR count). The van der Waals surface area contributed by atoms with Crippen LogP contribution < -0.4 is 24.8 Å². The molecule has 0 saturated heterocycles. The quantitative estimate of drug-likeness (QED) is 0.373. The first-order chi connectivity index (χ1) is 17.1. The van der Waals surface area contributed by atoms with Gasteiger partial charge in [-0.15, -0.1) is 0 Å². The topological polar surface area (TPSA) is 0 Å². The van der Waals surface area contributed by atoms with Gasteiger partial charge in [0.05, 0.1) is 0 Å². The molecule has 0 aromatic heterocycles. The smallest absolute Gasteiger partial charge is 1.00 e. The van der Waals surface area contributed by atoms with Crippen LogP contribution in [0.4, 0.5) is 0 Å². The number of fused-ring (bicyclic) bond motifs is 3. The summed E-state index contributed by atoms with van der Waals surface area (Å²) in [5.74, 6) is 0. The van der Waals surface area contributed by atoms with Crippen LogP contribution in [-0.4, -0.2) is 5.43 Å². The van der Waals surface area contributed by atoms with Crippen molar-refractivity contribution in [3.05, 3.63) is 80.2 Å². The van der Waals surface area contributed by atoms with Crippen molar-refractivity contribution in [2.45, 2.75) is 114 Å². The number of unbranched alkanes of at least 4 members (excludes halogenated alkanes) is 2. The maximum Gasteiger partial charge on any atom is -1.00 e. The predicted octanol–water partition coefficient (Wildman–Crippen LogP) is 4.41. The Morgan fingerprint density at radius 1 is 0.763 bits per heavy atom. The van der Waals surface area contributed by atoms with Crippen molar-refractivity contribution in [1.82, 2.24) is 0 Å². The molecule has 0 N–H and O–H groups in total. The van der Waals surface area contributed by atoms with Crippen molar-refractivity contribution in [1.29, 1.82) is 0 Å². The van der Waals surface area contributed by atoms with Crippen molar-refractivity contribution in [2.24, 2.45) is 0 Å². The van der Waals surface area contributed by atoms with Crippen LogP contribution in [0.15, 0.2) is 57.9 Å². The predicted molar refractivity (Wildman–Crippen MR) is 158 cm³/mol. The summed E-state index contributed by atoms with van der Waals surface area (Å²) >= 11 is -1.99. The Balaban J connectivity index is 0.00000253. The summed E-state index contributed by atoms with van der Waals surface area (Å²) in [7, 11) is 0. The number of hydrogen-bond donors (Lipinski definition) is 0. The molecule has 2 aliphatic rings. The molecule has 0 amide bonds. The molecule has 0 spiro atoms. The fraction of sp³-hybridized carbons (Fsp3) is 0.529. The minimum atomic E-state index is -1.99. The molecule has 0 fully saturated rings. The van der Waals surface area contributed by atoms with Crippen LogP contribution in [0.3, 0.4) is 0 Å². The molecule has 0 nitrogen and oxygen atoms in total. The van der Waals surface area contributed by atoms with Crippen molar-refractivity contribution < 1.29 is 45.2 Å². The Hall–Kier alpha value is -0.400. The normalized spacial score (nSPS) is 14.1. The van der Waals surface area contributed by atoms with Crippen molar-refractivity contribution >= 4 is 5.43 Å². The molecule has 0 bridgehead atoms. The summed E-state index contributed by atoms with van der Waals surface area (Å²) in [6.07, 6.45) is 14.2. The van der Waals surface area contributed by atoms with Crippen LogP contribution in [0, 0.1) is 0 Å². The average molecular weight is 647 g/mol. The summed E-state index contributed by atoms with van der Waals surface area (Å²) in [6.45, 7) is 18.9. The molecule has 2 aromatic carbocycles. The second-order valence-corrected chi connectivity index (χ2v) is 28.7. The number of benzene rings is 2. The van der Waals surface area contributed by atoms with E-state index in [9.17, 15) is 0 Å². The summed E-state index contributed by atoms with van der Waals surface area (Å²) in [4.78, 5) is 0. The summed E-state index contributed by atoms with van der Waals surface area (Å²) in [5.41, 5.74) is 9.44. The first-order valence-electron chi connectivity index (χ1n) is 14.4. The zero-order valence-corrected chi connectivity index (χ0v) is 29.9. The van der Waals surface area contributed by atoms with Crippen LogP contribution in [0.25, 0.3) is 11.1 Å². The number of hydrogen-bond acceptors (Lipinski definition) is 0. The van der Waals surface area contributed by atoms with Crippen molar-refractivity contribution in [2.75, 3.05) is 0 Å². The second-order valence-electron chi connectivity index (χ2n) is 13.1. The van der Waals surface area contributed by atoms with Crippen LogP contribution in [0.1, 0.15) is 113 Å². The van der Waals surface area contributed by atoms with Gasteiger partial charge >= 0.3 is 231 Å². The van der Waals surface area contributed by atoms with Gasteiger partial charge in [0, 0.05) is 0 Å². The molecule has 2 aliphatic carbocycles. The van der Waals surface area contributed by atoms with E-state index in [1.807, 2.05) is 3.28 Å². The van der Waals surface area contributed by atoms with E-state index in [1.165, 1.54) is 55.3 Å². The van der Waals surface area contributed by atoms with Gasteiger partial charge in [-0.25, -0.2) is 0 Å².